The summed E-state index contributed by atoms with van der Waals surface area (Å²) >= 11 is 0. The van der Waals surface area contributed by atoms with Crippen molar-refractivity contribution < 1.29 is 4.79 Å². The van der Waals surface area contributed by atoms with Crippen LogP contribution in [0.1, 0.15) is 32.6 Å². The van der Waals surface area contributed by atoms with Crippen LogP contribution in [-0.4, -0.2) is 55.0 Å². The monoisotopic (exact) mass is 253 g/mol. The molecule has 1 saturated heterocycles. The Morgan fingerprint density at radius 3 is 2.61 bits per heavy atom. The summed E-state index contributed by atoms with van der Waals surface area (Å²) in [5, 5.41) is 0. The van der Waals surface area contributed by atoms with E-state index in [4.69, 9.17) is 5.73 Å². The van der Waals surface area contributed by atoms with E-state index in [0.717, 1.165) is 32.4 Å². The number of likely N-dealkylation sites (tertiary alicyclic amines) is 1. The number of carbonyl (C=O) groups excluding carboxylic acids is 1. The Morgan fingerprint density at radius 1 is 1.28 bits per heavy atom. The van der Waals surface area contributed by atoms with Gasteiger partial charge in [0, 0.05) is 25.2 Å². The highest BCUT2D eigenvalue weighted by Gasteiger charge is 2.37. The Balaban J connectivity index is 1.95. The summed E-state index contributed by atoms with van der Waals surface area (Å²) < 4.78 is 0. The van der Waals surface area contributed by atoms with Gasteiger partial charge in [-0.2, -0.15) is 0 Å². The molecule has 0 spiro atoms. The van der Waals surface area contributed by atoms with Gasteiger partial charge in [0.25, 0.3) is 0 Å². The van der Waals surface area contributed by atoms with Crippen molar-refractivity contribution >= 4 is 5.91 Å². The summed E-state index contributed by atoms with van der Waals surface area (Å²) in [4.78, 5) is 16.8. The summed E-state index contributed by atoms with van der Waals surface area (Å²) in [6, 6.07) is 0.579. The molecule has 18 heavy (non-hydrogen) atoms. The molecule has 0 bridgehead atoms. The molecule has 104 valence electrons. The molecule has 2 N–H and O–H groups in total. The standard InChI is InChI=1S/C14H27N3O/c1-10-5-4-6-12(13(10)15)14(18)17-8-7-11(9-17)16(2)3/h10-13H,4-9,15H2,1-3H3. The van der Waals surface area contributed by atoms with Crippen LogP contribution in [0.4, 0.5) is 0 Å². The molecule has 4 heteroatoms. The van der Waals surface area contributed by atoms with Gasteiger partial charge in [-0.05, 0) is 39.3 Å². The second kappa shape index (κ2) is 5.57. The van der Waals surface area contributed by atoms with Crippen molar-refractivity contribution in [1.29, 1.82) is 0 Å². The number of nitrogens with zero attached hydrogens (tertiary/aromatic N) is 2. The van der Waals surface area contributed by atoms with Crippen LogP contribution in [0.3, 0.4) is 0 Å². The SMILES string of the molecule is CC1CCCC(C(=O)N2CCC(N(C)C)C2)C1N. The molecule has 2 fully saturated rings. The Morgan fingerprint density at radius 2 is 2.00 bits per heavy atom. The zero-order valence-corrected chi connectivity index (χ0v) is 11.9. The number of hydrogen-bond donors (Lipinski definition) is 1. The van der Waals surface area contributed by atoms with Crippen molar-refractivity contribution in [1.82, 2.24) is 9.80 Å². The minimum atomic E-state index is 0.0599. The molecular formula is C14H27N3O. The fraction of sp³-hybridized carbons (Fsp3) is 0.929. The molecule has 2 rings (SSSR count). The van der Waals surface area contributed by atoms with Crippen LogP contribution < -0.4 is 5.73 Å². The number of amides is 1. The van der Waals surface area contributed by atoms with Gasteiger partial charge in [-0.25, -0.2) is 0 Å². The van der Waals surface area contributed by atoms with Gasteiger partial charge in [0.1, 0.15) is 0 Å². The molecule has 0 radical (unpaired) electrons. The first-order valence-electron chi connectivity index (χ1n) is 7.21. The molecule has 4 atom stereocenters. The zero-order chi connectivity index (χ0) is 13.3. The minimum absolute atomic E-state index is 0.0599. The summed E-state index contributed by atoms with van der Waals surface area (Å²) in [7, 11) is 4.18. The van der Waals surface area contributed by atoms with E-state index in [1.54, 1.807) is 0 Å². The molecule has 2 aliphatic rings. The van der Waals surface area contributed by atoms with Crippen LogP contribution >= 0.6 is 0 Å². The number of carbonyl (C=O) groups is 1. The third kappa shape index (κ3) is 2.69. The van der Waals surface area contributed by atoms with Crippen molar-refractivity contribution in [3.8, 4) is 0 Å². The van der Waals surface area contributed by atoms with E-state index >= 15 is 0 Å². The van der Waals surface area contributed by atoms with E-state index in [2.05, 4.69) is 25.9 Å². The number of hydrogen-bond acceptors (Lipinski definition) is 3. The van der Waals surface area contributed by atoms with Gasteiger partial charge in [-0.3, -0.25) is 4.79 Å². The first-order chi connectivity index (χ1) is 8.50. The quantitative estimate of drug-likeness (QED) is 0.796. The Kier molecular flexibility index (Phi) is 4.28. The van der Waals surface area contributed by atoms with Crippen LogP contribution in [0.2, 0.25) is 0 Å². The molecule has 1 saturated carbocycles. The van der Waals surface area contributed by atoms with E-state index < -0.39 is 0 Å². The lowest BCUT2D eigenvalue weighted by Crippen LogP contribution is -2.48. The van der Waals surface area contributed by atoms with Crippen molar-refractivity contribution in [2.24, 2.45) is 17.6 Å². The molecule has 1 amide bonds. The van der Waals surface area contributed by atoms with Crippen LogP contribution in [0.5, 0.6) is 0 Å². The lowest BCUT2D eigenvalue weighted by molar-refractivity contribution is -0.136. The normalized spacial score (nSPS) is 37.3. The highest BCUT2D eigenvalue weighted by molar-refractivity contribution is 5.80. The molecule has 0 aromatic carbocycles. The van der Waals surface area contributed by atoms with E-state index in [-0.39, 0.29) is 12.0 Å². The zero-order valence-electron chi connectivity index (χ0n) is 11.9. The van der Waals surface area contributed by atoms with E-state index in [1.807, 2.05) is 4.90 Å². The molecular weight excluding hydrogens is 226 g/mol. The van der Waals surface area contributed by atoms with Crippen molar-refractivity contribution in [2.75, 3.05) is 27.2 Å². The first kappa shape index (κ1) is 13.8. The summed E-state index contributed by atoms with van der Waals surface area (Å²) in [6.07, 6.45) is 4.39. The van der Waals surface area contributed by atoms with Gasteiger partial charge in [0.15, 0.2) is 0 Å². The molecule has 4 unspecified atom stereocenters. The Hall–Kier alpha value is -0.610. The average molecular weight is 253 g/mol. The van der Waals surface area contributed by atoms with Gasteiger partial charge in [0.2, 0.25) is 5.91 Å². The van der Waals surface area contributed by atoms with Crippen molar-refractivity contribution in [3.05, 3.63) is 0 Å². The van der Waals surface area contributed by atoms with Gasteiger partial charge >= 0.3 is 0 Å². The topological polar surface area (TPSA) is 49.6 Å². The van der Waals surface area contributed by atoms with Crippen LogP contribution in [0, 0.1) is 11.8 Å². The first-order valence-corrected chi connectivity index (χ1v) is 7.21. The van der Waals surface area contributed by atoms with Crippen LogP contribution in [0.15, 0.2) is 0 Å². The number of rotatable bonds is 2. The van der Waals surface area contributed by atoms with Gasteiger partial charge in [0.05, 0.1) is 5.92 Å². The Labute approximate surface area is 110 Å². The predicted molar refractivity (Wildman–Crippen MR) is 73.2 cm³/mol. The van der Waals surface area contributed by atoms with Gasteiger partial charge in [-0.15, -0.1) is 0 Å². The van der Waals surface area contributed by atoms with E-state index in [0.29, 0.717) is 17.9 Å². The minimum Gasteiger partial charge on any atom is -0.341 e. The van der Waals surface area contributed by atoms with Crippen molar-refractivity contribution in [2.45, 2.75) is 44.7 Å². The molecule has 4 nitrogen and oxygen atoms in total. The molecule has 1 heterocycles. The summed E-state index contributed by atoms with van der Waals surface area (Å²) in [5.74, 6) is 0.855. The number of likely N-dealkylation sites (N-methyl/N-ethyl adjacent to an activating group) is 1. The van der Waals surface area contributed by atoms with Gasteiger partial charge in [-0.1, -0.05) is 13.3 Å². The molecule has 1 aliphatic heterocycles. The van der Waals surface area contributed by atoms with Crippen LogP contribution in [-0.2, 0) is 4.79 Å². The maximum Gasteiger partial charge on any atom is 0.227 e. The third-order valence-corrected chi connectivity index (χ3v) is 4.82. The summed E-state index contributed by atoms with van der Waals surface area (Å²) in [5.41, 5.74) is 6.23. The number of nitrogens with two attached hydrogens (primary N) is 1. The highest BCUT2D eigenvalue weighted by Crippen LogP contribution is 2.30. The molecule has 0 aromatic heterocycles. The third-order valence-electron chi connectivity index (χ3n) is 4.82. The molecule has 0 aromatic rings. The lowest BCUT2D eigenvalue weighted by atomic mass is 9.77. The fourth-order valence-electron chi connectivity index (χ4n) is 3.33. The largest absolute Gasteiger partial charge is 0.341 e. The van der Waals surface area contributed by atoms with Crippen molar-refractivity contribution in [3.63, 3.8) is 0 Å². The predicted octanol–water partition coefficient (Wildman–Crippen LogP) is 0.912. The Bertz CT molecular complexity index is 305. The maximum atomic E-state index is 12.6. The van der Waals surface area contributed by atoms with E-state index in [1.165, 1.54) is 6.42 Å². The smallest absolute Gasteiger partial charge is 0.227 e. The maximum absolute atomic E-state index is 12.6. The fourth-order valence-corrected chi connectivity index (χ4v) is 3.33. The second-order valence-corrected chi connectivity index (χ2v) is 6.28. The second-order valence-electron chi connectivity index (χ2n) is 6.28. The highest BCUT2D eigenvalue weighted by atomic mass is 16.2. The lowest BCUT2D eigenvalue weighted by Gasteiger charge is -2.35. The van der Waals surface area contributed by atoms with Gasteiger partial charge < -0.3 is 15.5 Å². The average Bonchev–Trinajstić information content (AvgIpc) is 2.81. The van der Waals surface area contributed by atoms with Crippen LogP contribution in [0.25, 0.3) is 0 Å². The summed E-state index contributed by atoms with van der Waals surface area (Å²) in [6.45, 7) is 3.96. The van der Waals surface area contributed by atoms with E-state index in [9.17, 15) is 4.79 Å². The molecule has 1 aliphatic carbocycles.